The summed E-state index contributed by atoms with van der Waals surface area (Å²) in [6, 6.07) is 0. The Kier molecular flexibility index (Phi) is 64.2. The summed E-state index contributed by atoms with van der Waals surface area (Å²) >= 11 is 0. The Morgan fingerprint density at radius 2 is 0.663 bits per heavy atom. The first kappa shape index (κ1) is 82.2. The van der Waals surface area contributed by atoms with E-state index in [1.54, 1.807) is 0 Å². The number of hydrogen-bond donors (Lipinski definition) is 0. The highest BCUT2D eigenvalue weighted by atomic mass is 16.7. The summed E-state index contributed by atoms with van der Waals surface area (Å²) in [6.07, 6.45) is 89.2. The van der Waals surface area contributed by atoms with Gasteiger partial charge in [-0.25, -0.2) is 0 Å². The molecule has 496 valence electrons. The summed E-state index contributed by atoms with van der Waals surface area (Å²) in [5, 5.41) is 11.8. The molecule has 0 radical (unpaired) electrons. The number of quaternary nitrogens is 1. The second kappa shape index (κ2) is 67.1. The predicted molar refractivity (Wildman–Crippen MR) is 366 cm³/mol. The number of ether oxygens (including phenoxy) is 4. The summed E-state index contributed by atoms with van der Waals surface area (Å²) < 4.78 is 22.8. The molecule has 0 heterocycles. The van der Waals surface area contributed by atoms with Crippen LogP contribution in [0.5, 0.6) is 0 Å². The third-order valence-corrected chi connectivity index (χ3v) is 15.6. The summed E-state index contributed by atoms with van der Waals surface area (Å²) in [7, 11) is 5.93. The van der Waals surface area contributed by atoms with Gasteiger partial charge in [0.15, 0.2) is 12.4 Å². The molecule has 9 heteroatoms. The van der Waals surface area contributed by atoms with E-state index in [0.29, 0.717) is 23.9 Å². The summed E-state index contributed by atoms with van der Waals surface area (Å²) in [6.45, 7) is 4.67. The maximum absolute atomic E-state index is 12.9. The lowest BCUT2D eigenvalue weighted by molar-refractivity contribution is -0.870. The molecule has 2 atom stereocenters. The molecule has 9 nitrogen and oxygen atoms in total. The van der Waals surface area contributed by atoms with Crippen molar-refractivity contribution < 1.29 is 42.9 Å². The van der Waals surface area contributed by atoms with Gasteiger partial charge in [-0.3, -0.25) is 9.59 Å². The molecule has 0 amide bonds. The van der Waals surface area contributed by atoms with E-state index in [-0.39, 0.29) is 32.2 Å². The lowest BCUT2D eigenvalue weighted by atomic mass is 10.0. The van der Waals surface area contributed by atoms with Gasteiger partial charge in [-0.2, -0.15) is 0 Å². The van der Waals surface area contributed by atoms with Crippen LogP contribution >= 0.6 is 0 Å². The van der Waals surface area contributed by atoms with Crippen LogP contribution in [-0.2, 0) is 33.3 Å². The third kappa shape index (κ3) is 67.7. The molecule has 0 N–H and O–H groups in total. The number of allylic oxidation sites excluding steroid dienone is 16. The van der Waals surface area contributed by atoms with Crippen LogP contribution in [0.25, 0.3) is 0 Å². The van der Waals surface area contributed by atoms with Crippen LogP contribution in [0, 0.1) is 0 Å². The van der Waals surface area contributed by atoms with Gasteiger partial charge in [-0.1, -0.05) is 323 Å². The lowest BCUT2D eigenvalue weighted by Crippen LogP contribution is -2.44. The molecule has 0 aromatic carbocycles. The largest absolute Gasteiger partial charge is 0.545 e. The van der Waals surface area contributed by atoms with Crippen molar-refractivity contribution in [2.24, 2.45) is 0 Å². The Balaban J connectivity index is 4.13. The van der Waals surface area contributed by atoms with Crippen molar-refractivity contribution in [1.29, 1.82) is 0 Å². The number of hydrogen-bond acceptors (Lipinski definition) is 8. The molecule has 0 aromatic rings. The molecular formula is C77H135NO8. The Hall–Kier alpha value is -3.79. The van der Waals surface area contributed by atoms with E-state index in [9.17, 15) is 19.5 Å². The standard InChI is InChI=1S/C77H135NO8/c1-6-8-10-12-14-16-18-20-22-24-26-28-30-32-34-35-36-37-38-39-40-41-42-44-46-48-50-52-54-56-58-60-62-64-66-68-75(80)86-73(72-85-77(76(81)82)83-70-69-78(3,4)5)71-84-74(79)67-65-63-61-59-57-55-53-51-49-47-45-43-33-31-29-27-25-23-21-19-17-15-13-11-9-7-2/h8,10,14,16,20,22,26,28,32,34,36-37,39-40,42,44,73,77H,6-7,9,11-13,15,17-19,21,23-25,27,29-31,33,35,38,41,43,45-72H2,1-5H3/b10-8-,16-14-,22-20-,28-26-,34-32-,37-36-,40-39-,44-42-. The number of esters is 2. The highest BCUT2D eigenvalue weighted by Crippen LogP contribution is 2.18. The van der Waals surface area contributed by atoms with E-state index in [1.165, 1.54) is 186 Å². The molecule has 0 aliphatic heterocycles. The average molecular weight is 1200 g/mol. The maximum Gasteiger partial charge on any atom is 0.306 e. The van der Waals surface area contributed by atoms with Gasteiger partial charge in [-0.05, 0) is 77.0 Å². The van der Waals surface area contributed by atoms with Gasteiger partial charge in [-0.15, -0.1) is 0 Å². The fourth-order valence-electron chi connectivity index (χ4n) is 10.1. The van der Waals surface area contributed by atoms with Crippen LogP contribution in [-0.4, -0.2) is 82.3 Å². The topological polar surface area (TPSA) is 111 Å². The normalized spacial score (nSPS) is 13.3. The Morgan fingerprint density at radius 3 is 0.988 bits per heavy atom. The van der Waals surface area contributed by atoms with E-state index in [1.807, 2.05) is 21.1 Å². The number of likely N-dealkylation sites (N-methyl/N-ethyl adjacent to an activating group) is 1. The molecule has 0 fully saturated rings. The van der Waals surface area contributed by atoms with Gasteiger partial charge >= 0.3 is 11.9 Å². The molecule has 86 heavy (non-hydrogen) atoms. The number of aliphatic carboxylic acids is 1. The Bertz CT molecular complexity index is 1730. The minimum atomic E-state index is -1.63. The molecule has 0 rings (SSSR count). The monoisotopic (exact) mass is 1200 g/mol. The second-order valence-corrected chi connectivity index (χ2v) is 25.2. The fraction of sp³-hybridized carbons (Fsp3) is 0.753. The van der Waals surface area contributed by atoms with Crippen LogP contribution in [0.15, 0.2) is 97.2 Å². The van der Waals surface area contributed by atoms with Crippen molar-refractivity contribution in [2.45, 2.75) is 328 Å². The third-order valence-electron chi connectivity index (χ3n) is 15.6. The first-order valence-corrected chi connectivity index (χ1v) is 35.9. The smallest absolute Gasteiger partial charge is 0.306 e. The number of carbonyl (C=O) groups is 3. The molecule has 0 aliphatic rings. The van der Waals surface area contributed by atoms with Crippen molar-refractivity contribution in [2.75, 3.05) is 47.5 Å². The number of rotatable bonds is 66. The van der Waals surface area contributed by atoms with Crippen LogP contribution in [0.2, 0.25) is 0 Å². The van der Waals surface area contributed by atoms with Crippen molar-refractivity contribution >= 4 is 17.9 Å². The molecule has 0 aromatic heterocycles. The maximum atomic E-state index is 12.9. The fourth-order valence-corrected chi connectivity index (χ4v) is 10.1. The summed E-state index contributed by atoms with van der Waals surface area (Å²) in [5.74, 6) is -2.28. The van der Waals surface area contributed by atoms with Crippen LogP contribution in [0.1, 0.15) is 316 Å². The predicted octanol–water partition coefficient (Wildman–Crippen LogP) is 21.1. The highest BCUT2D eigenvalue weighted by Gasteiger charge is 2.22. The number of unbranched alkanes of at least 4 members (excludes halogenated alkanes) is 35. The average Bonchev–Trinajstić information content (AvgIpc) is 3.64. The van der Waals surface area contributed by atoms with Gasteiger partial charge in [0.2, 0.25) is 0 Å². The van der Waals surface area contributed by atoms with Gasteiger partial charge in [0.1, 0.15) is 13.2 Å². The summed E-state index contributed by atoms with van der Waals surface area (Å²) in [5.41, 5.74) is 0. The number of carboxylic acids is 1. The number of carboxylic acid groups (broad SMARTS) is 1. The molecule has 0 aliphatic carbocycles. The van der Waals surface area contributed by atoms with Crippen molar-refractivity contribution in [1.82, 2.24) is 0 Å². The molecule has 2 unspecified atom stereocenters. The zero-order valence-corrected chi connectivity index (χ0v) is 56.7. The number of carbonyl (C=O) groups excluding carboxylic acids is 3. The minimum Gasteiger partial charge on any atom is -0.545 e. The Morgan fingerprint density at radius 1 is 0.360 bits per heavy atom. The molecule has 0 bridgehead atoms. The Labute approximate surface area is 531 Å². The first-order valence-electron chi connectivity index (χ1n) is 35.9. The highest BCUT2D eigenvalue weighted by molar-refractivity contribution is 5.70. The van der Waals surface area contributed by atoms with Gasteiger partial charge in [0, 0.05) is 12.8 Å². The lowest BCUT2D eigenvalue weighted by Gasteiger charge is -2.26. The zero-order valence-electron chi connectivity index (χ0n) is 56.7. The SMILES string of the molecule is CC/C=C\C/C=C\C/C=C\C/C=C\C/C=C\C/C=C\C/C=C\C/C=C\CCCCCCCCCCCCC(=O)OC(COC(=O)CCCCCCCCCCCCCCCCCCCCCCCCCCCC)COC(OCC[N+](C)(C)C)C(=O)[O-]. The van der Waals surface area contributed by atoms with Crippen LogP contribution in [0.4, 0.5) is 0 Å². The minimum absolute atomic E-state index is 0.145. The van der Waals surface area contributed by atoms with Crippen LogP contribution < -0.4 is 5.11 Å². The van der Waals surface area contributed by atoms with Gasteiger partial charge in [0.25, 0.3) is 0 Å². The van der Waals surface area contributed by atoms with E-state index in [0.717, 1.165) is 96.3 Å². The molecule has 0 saturated carbocycles. The van der Waals surface area contributed by atoms with E-state index in [4.69, 9.17) is 18.9 Å². The summed E-state index contributed by atoms with van der Waals surface area (Å²) in [4.78, 5) is 37.5. The zero-order chi connectivity index (χ0) is 62.6. The van der Waals surface area contributed by atoms with E-state index in [2.05, 4.69) is 111 Å². The van der Waals surface area contributed by atoms with Crippen LogP contribution in [0.3, 0.4) is 0 Å². The number of nitrogens with zero attached hydrogens (tertiary/aromatic N) is 1. The quantitative estimate of drug-likeness (QED) is 0.0195. The first-order chi connectivity index (χ1) is 42.1. The second-order valence-electron chi connectivity index (χ2n) is 25.2. The van der Waals surface area contributed by atoms with E-state index < -0.39 is 24.3 Å². The van der Waals surface area contributed by atoms with E-state index >= 15 is 0 Å². The molecule has 0 spiro atoms. The van der Waals surface area contributed by atoms with Crippen molar-refractivity contribution in [3.8, 4) is 0 Å². The molecular weight excluding hydrogens is 1070 g/mol. The molecule has 0 saturated heterocycles. The van der Waals surface area contributed by atoms with Crippen molar-refractivity contribution in [3.05, 3.63) is 97.2 Å². The van der Waals surface area contributed by atoms with Gasteiger partial charge in [0.05, 0.1) is 40.3 Å². The van der Waals surface area contributed by atoms with Crippen molar-refractivity contribution in [3.63, 3.8) is 0 Å². The van der Waals surface area contributed by atoms with Gasteiger partial charge < -0.3 is 33.3 Å².